The minimum atomic E-state index is 0.321. The van der Waals surface area contributed by atoms with Crippen molar-refractivity contribution in [3.05, 3.63) is 48.0 Å². The van der Waals surface area contributed by atoms with Crippen molar-refractivity contribution in [2.24, 2.45) is 0 Å². The minimum Gasteiger partial charge on any atom is -0.372 e. The molecule has 1 aliphatic heterocycles. The standard InChI is InChI=1S/C14H19NO/c1-11(2)14-8-13(9-15-14)16-10-12-6-4-3-5-7-12/h3-7,13-15H,1,8-10H2,2H3/t13-,14+/m1/s1. The Bertz CT molecular complexity index is 347. The van der Waals surface area contributed by atoms with Crippen molar-refractivity contribution in [1.82, 2.24) is 5.32 Å². The molecule has 2 heteroatoms. The molecule has 0 bridgehead atoms. The van der Waals surface area contributed by atoms with Crippen LogP contribution in [0, 0.1) is 0 Å². The van der Waals surface area contributed by atoms with Crippen molar-refractivity contribution in [1.29, 1.82) is 0 Å². The van der Waals surface area contributed by atoms with Crippen molar-refractivity contribution >= 4 is 0 Å². The van der Waals surface area contributed by atoms with Crippen LogP contribution in [0.15, 0.2) is 42.5 Å². The summed E-state index contributed by atoms with van der Waals surface area (Å²) >= 11 is 0. The summed E-state index contributed by atoms with van der Waals surface area (Å²) in [5.74, 6) is 0. The molecule has 0 aromatic heterocycles. The summed E-state index contributed by atoms with van der Waals surface area (Å²) in [4.78, 5) is 0. The van der Waals surface area contributed by atoms with Gasteiger partial charge in [0.25, 0.3) is 0 Å². The fourth-order valence-electron chi connectivity index (χ4n) is 1.99. The number of benzene rings is 1. The first-order valence-corrected chi connectivity index (χ1v) is 5.80. The molecule has 1 aliphatic rings. The Kier molecular flexibility index (Phi) is 3.75. The number of nitrogens with one attached hydrogen (secondary N) is 1. The number of ether oxygens (including phenoxy) is 1. The van der Waals surface area contributed by atoms with E-state index in [1.54, 1.807) is 0 Å². The molecule has 2 atom stereocenters. The molecule has 1 N–H and O–H groups in total. The molecule has 1 aromatic rings. The molecule has 1 fully saturated rings. The molecule has 0 spiro atoms. The fraction of sp³-hybridized carbons (Fsp3) is 0.429. The quantitative estimate of drug-likeness (QED) is 0.782. The second-order valence-corrected chi connectivity index (χ2v) is 4.46. The maximum Gasteiger partial charge on any atom is 0.0722 e. The number of rotatable bonds is 4. The third-order valence-electron chi connectivity index (χ3n) is 3.01. The molecule has 1 heterocycles. The van der Waals surface area contributed by atoms with Gasteiger partial charge in [0.05, 0.1) is 12.7 Å². The van der Waals surface area contributed by atoms with Crippen LogP contribution >= 0.6 is 0 Å². The average Bonchev–Trinajstić information content (AvgIpc) is 2.76. The highest BCUT2D eigenvalue weighted by Crippen LogP contribution is 2.16. The Morgan fingerprint density at radius 3 is 2.81 bits per heavy atom. The zero-order chi connectivity index (χ0) is 11.4. The van der Waals surface area contributed by atoms with Crippen LogP contribution in [0.25, 0.3) is 0 Å². The third-order valence-corrected chi connectivity index (χ3v) is 3.01. The first kappa shape index (κ1) is 11.4. The zero-order valence-corrected chi connectivity index (χ0v) is 9.78. The highest BCUT2D eigenvalue weighted by atomic mass is 16.5. The Hall–Kier alpha value is -1.12. The second-order valence-electron chi connectivity index (χ2n) is 4.46. The van der Waals surface area contributed by atoms with Crippen molar-refractivity contribution in [2.75, 3.05) is 6.54 Å². The van der Waals surface area contributed by atoms with Gasteiger partial charge in [-0.1, -0.05) is 42.5 Å². The largest absolute Gasteiger partial charge is 0.372 e. The van der Waals surface area contributed by atoms with Crippen LogP contribution in [0.3, 0.4) is 0 Å². The lowest BCUT2D eigenvalue weighted by molar-refractivity contribution is 0.0531. The molecule has 0 saturated carbocycles. The van der Waals surface area contributed by atoms with Crippen LogP contribution in [-0.4, -0.2) is 18.7 Å². The van der Waals surface area contributed by atoms with Gasteiger partial charge in [-0.15, -0.1) is 0 Å². The molecule has 0 unspecified atom stereocenters. The van der Waals surface area contributed by atoms with E-state index >= 15 is 0 Å². The lowest BCUT2D eigenvalue weighted by Gasteiger charge is -2.11. The predicted molar refractivity (Wildman–Crippen MR) is 66.2 cm³/mol. The van der Waals surface area contributed by atoms with Crippen molar-refractivity contribution < 1.29 is 4.74 Å². The molecule has 1 saturated heterocycles. The first-order chi connectivity index (χ1) is 7.75. The molecule has 1 aromatic carbocycles. The predicted octanol–water partition coefficient (Wildman–Crippen LogP) is 2.51. The van der Waals surface area contributed by atoms with Gasteiger partial charge >= 0.3 is 0 Å². The van der Waals surface area contributed by atoms with Crippen molar-refractivity contribution in [2.45, 2.75) is 32.1 Å². The monoisotopic (exact) mass is 217 g/mol. The summed E-state index contributed by atoms with van der Waals surface area (Å²) in [6.07, 6.45) is 1.37. The van der Waals surface area contributed by atoms with Crippen LogP contribution in [-0.2, 0) is 11.3 Å². The molecular weight excluding hydrogens is 198 g/mol. The molecule has 0 amide bonds. The second kappa shape index (κ2) is 5.28. The van der Waals surface area contributed by atoms with Crippen LogP contribution in [0.2, 0.25) is 0 Å². The van der Waals surface area contributed by atoms with Gasteiger partial charge < -0.3 is 10.1 Å². The van der Waals surface area contributed by atoms with Crippen LogP contribution < -0.4 is 5.32 Å². The summed E-state index contributed by atoms with van der Waals surface area (Å²) in [6.45, 7) is 7.68. The van der Waals surface area contributed by atoms with Gasteiger partial charge in [0.1, 0.15) is 0 Å². The summed E-state index contributed by atoms with van der Waals surface area (Å²) in [7, 11) is 0. The van der Waals surface area contributed by atoms with Gasteiger partial charge in [0, 0.05) is 12.6 Å². The zero-order valence-electron chi connectivity index (χ0n) is 9.78. The average molecular weight is 217 g/mol. The Labute approximate surface area is 97.3 Å². The van der Waals surface area contributed by atoms with Crippen LogP contribution in [0.5, 0.6) is 0 Å². The normalized spacial score (nSPS) is 24.6. The highest BCUT2D eigenvalue weighted by Gasteiger charge is 2.24. The molecule has 16 heavy (non-hydrogen) atoms. The smallest absolute Gasteiger partial charge is 0.0722 e. The lowest BCUT2D eigenvalue weighted by Crippen LogP contribution is -2.22. The van der Waals surface area contributed by atoms with E-state index in [4.69, 9.17) is 4.74 Å². The lowest BCUT2D eigenvalue weighted by atomic mass is 10.1. The Balaban J connectivity index is 1.78. The van der Waals surface area contributed by atoms with E-state index in [1.807, 2.05) is 18.2 Å². The highest BCUT2D eigenvalue weighted by molar-refractivity contribution is 5.13. The van der Waals surface area contributed by atoms with E-state index in [9.17, 15) is 0 Å². The molecule has 2 rings (SSSR count). The third kappa shape index (κ3) is 2.94. The van der Waals surface area contributed by atoms with Gasteiger partial charge in [0.2, 0.25) is 0 Å². The molecular formula is C14H19NO. The number of hydrogen-bond donors (Lipinski definition) is 1. The van der Waals surface area contributed by atoms with Gasteiger partial charge in [-0.05, 0) is 18.9 Å². The Morgan fingerprint density at radius 2 is 2.19 bits per heavy atom. The van der Waals surface area contributed by atoms with Crippen molar-refractivity contribution in [3.8, 4) is 0 Å². The molecule has 86 valence electrons. The topological polar surface area (TPSA) is 21.3 Å². The maximum atomic E-state index is 5.87. The van der Waals surface area contributed by atoms with E-state index in [-0.39, 0.29) is 0 Å². The van der Waals surface area contributed by atoms with Crippen LogP contribution in [0.1, 0.15) is 18.9 Å². The van der Waals surface area contributed by atoms with Gasteiger partial charge in [-0.3, -0.25) is 0 Å². The minimum absolute atomic E-state index is 0.321. The fourth-order valence-corrected chi connectivity index (χ4v) is 1.99. The van der Waals surface area contributed by atoms with E-state index < -0.39 is 0 Å². The Morgan fingerprint density at radius 1 is 1.44 bits per heavy atom. The number of hydrogen-bond acceptors (Lipinski definition) is 2. The maximum absolute atomic E-state index is 5.87. The van der Waals surface area contributed by atoms with Gasteiger partial charge in [0.15, 0.2) is 0 Å². The first-order valence-electron chi connectivity index (χ1n) is 5.80. The van der Waals surface area contributed by atoms with E-state index in [0.717, 1.165) is 13.0 Å². The summed E-state index contributed by atoms with van der Waals surface area (Å²) in [5, 5.41) is 3.42. The van der Waals surface area contributed by atoms with E-state index in [2.05, 4.69) is 31.0 Å². The SMILES string of the molecule is C=C(C)[C@@H]1C[C@@H](OCc2ccccc2)CN1. The molecule has 0 aliphatic carbocycles. The summed E-state index contributed by atoms with van der Waals surface area (Å²) in [6, 6.07) is 10.7. The van der Waals surface area contributed by atoms with Gasteiger partial charge in [-0.25, -0.2) is 0 Å². The summed E-state index contributed by atoms with van der Waals surface area (Å²) < 4.78 is 5.87. The van der Waals surface area contributed by atoms with Gasteiger partial charge in [-0.2, -0.15) is 0 Å². The van der Waals surface area contributed by atoms with E-state index in [1.165, 1.54) is 11.1 Å². The van der Waals surface area contributed by atoms with E-state index in [0.29, 0.717) is 18.8 Å². The molecule has 2 nitrogen and oxygen atoms in total. The summed E-state index contributed by atoms with van der Waals surface area (Å²) in [5.41, 5.74) is 2.44. The van der Waals surface area contributed by atoms with Crippen LogP contribution in [0.4, 0.5) is 0 Å². The molecule has 0 radical (unpaired) electrons. The van der Waals surface area contributed by atoms with Crippen molar-refractivity contribution in [3.63, 3.8) is 0 Å².